The molecule has 6 N–H and O–H groups in total. The van der Waals surface area contributed by atoms with Crippen LogP contribution in [0.1, 0.15) is 135 Å². The number of nitrogens with zero attached hydrogens (tertiary/aromatic N) is 2. The molecule has 0 radical (unpaired) electrons. The van der Waals surface area contributed by atoms with Crippen LogP contribution in [0.15, 0.2) is 243 Å². The number of aryl methyl sites for hydroxylation is 2. The number of amides is 6. The highest BCUT2D eigenvalue weighted by Crippen LogP contribution is 2.48. The molecule has 0 spiro atoms. The highest BCUT2D eigenvalue weighted by atomic mass is 35.5. The third-order valence-electron chi connectivity index (χ3n) is 22.2. The fourth-order valence-electron chi connectivity index (χ4n) is 16.2. The topological polar surface area (TPSA) is 339 Å². The number of rotatable bonds is 28. The zero-order valence-electron chi connectivity index (χ0n) is 83.1. The largest absolute Gasteiger partial charge is 0.495 e. The van der Waals surface area contributed by atoms with Crippen molar-refractivity contribution in [2.75, 3.05) is 92.4 Å². The summed E-state index contributed by atoms with van der Waals surface area (Å²) in [7, 11) is 3.14. The van der Waals surface area contributed by atoms with E-state index in [0.717, 1.165) is 123 Å². The molecule has 12 aromatic rings. The lowest BCUT2D eigenvalue weighted by Gasteiger charge is -2.18. The van der Waals surface area contributed by atoms with Crippen molar-refractivity contribution in [2.45, 2.75) is 176 Å². The number of hydrogen-bond acceptors (Lipinski definition) is 23. The number of aromatic nitrogens is 2. The lowest BCUT2D eigenvalue weighted by atomic mass is 10.0. The van der Waals surface area contributed by atoms with Crippen LogP contribution in [0.2, 0.25) is 5.02 Å². The van der Waals surface area contributed by atoms with Gasteiger partial charge in [0.15, 0.2) is 109 Å². The average molecular weight is 1950 g/mol. The van der Waals surface area contributed by atoms with E-state index in [1.165, 1.54) is 0 Å². The van der Waals surface area contributed by atoms with Crippen molar-refractivity contribution in [3.63, 3.8) is 0 Å². The Morgan fingerprint density at radius 1 is 0.296 bits per heavy atom. The molecule has 6 amide bonds. The number of nitrogens with one attached hydrogen (secondary N) is 6. The molecule has 0 aliphatic carbocycles. The summed E-state index contributed by atoms with van der Waals surface area (Å²) in [4.78, 5) is 80.7. The molecule has 142 heavy (non-hydrogen) atoms. The smallest absolute Gasteiger partial charge is 0.262 e. The Morgan fingerprint density at radius 3 is 0.908 bits per heavy atom. The minimum Gasteiger partial charge on any atom is -0.495 e. The van der Waals surface area contributed by atoms with Gasteiger partial charge in [-0.05, 0) is 213 Å². The third kappa shape index (κ3) is 29.8. The highest BCUT2D eigenvalue weighted by molar-refractivity contribution is 6.33. The Balaban J connectivity index is 0.000000143. The molecular formula is C112H123ClN8O21. The molecule has 0 fully saturated rings. The Hall–Kier alpha value is -15.4. The summed E-state index contributed by atoms with van der Waals surface area (Å²) in [6, 6.07) is 70.9. The van der Waals surface area contributed by atoms with Crippen molar-refractivity contribution in [3.05, 3.63) is 293 Å². The maximum atomic E-state index is 12.3. The molecule has 30 heteroatoms. The van der Waals surface area contributed by atoms with Crippen LogP contribution >= 0.6 is 11.6 Å². The lowest BCUT2D eigenvalue weighted by molar-refractivity contribution is -0.118. The summed E-state index contributed by atoms with van der Waals surface area (Å²) >= 11 is 6.02. The van der Waals surface area contributed by atoms with Crippen LogP contribution in [0.5, 0.6) is 86.4 Å². The number of para-hydroxylation sites is 10. The van der Waals surface area contributed by atoms with E-state index in [0.29, 0.717) is 91.9 Å². The first kappa shape index (κ1) is 104. The summed E-state index contributed by atoms with van der Waals surface area (Å²) in [5.74, 6) is 8.25. The molecule has 0 atom stereocenters. The van der Waals surface area contributed by atoms with Crippen LogP contribution in [-0.2, 0) is 67.3 Å². The van der Waals surface area contributed by atoms with E-state index in [2.05, 4.69) is 41.9 Å². The second kappa shape index (κ2) is 46.6. The molecule has 8 heterocycles. The molecule has 744 valence electrons. The Labute approximate surface area is 833 Å². The van der Waals surface area contributed by atoms with Gasteiger partial charge in [-0.2, -0.15) is 0 Å². The van der Waals surface area contributed by atoms with Crippen molar-refractivity contribution in [3.8, 4) is 86.4 Å². The van der Waals surface area contributed by atoms with Gasteiger partial charge in [0, 0.05) is 89.4 Å². The Bertz CT molecular complexity index is 6450. The first-order chi connectivity index (χ1) is 67.7. The van der Waals surface area contributed by atoms with E-state index in [9.17, 15) is 28.8 Å². The fourth-order valence-corrected chi connectivity index (χ4v) is 16.4. The van der Waals surface area contributed by atoms with E-state index in [1.807, 2.05) is 292 Å². The number of anilines is 6. The Morgan fingerprint density at radius 2 is 0.585 bits per heavy atom. The number of ether oxygens (including phenoxy) is 15. The number of methoxy groups -OCH3 is 2. The molecule has 0 unspecified atom stereocenters. The number of carbonyl (C=O) groups excluding carboxylic acids is 6. The first-order valence-electron chi connectivity index (χ1n) is 46.7. The van der Waals surface area contributed by atoms with Gasteiger partial charge in [-0.3, -0.25) is 33.8 Å². The predicted octanol–water partition coefficient (Wildman–Crippen LogP) is 21.0. The summed E-state index contributed by atoms with van der Waals surface area (Å²) in [5, 5.41) is 17.1. The van der Waals surface area contributed by atoms with Gasteiger partial charge in [0.25, 0.3) is 35.4 Å². The van der Waals surface area contributed by atoms with Gasteiger partial charge in [-0.25, -0.2) is 4.98 Å². The number of fused-ring (bicyclic) bond motifs is 6. The molecule has 29 nitrogen and oxygen atoms in total. The quantitative estimate of drug-likeness (QED) is 0.0265. The lowest BCUT2D eigenvalue weighted by Crippen LogP contribution is -2.25. The zero-order valence-corrected chi connectivity index (χ0v) is 83.9. The molecule has 18 rings (SSSR count). The monoisotopic (exact) mass is 1950 g/mol. The molecule has 6 aliphatic rings. The SMILES string of the molecule is CC1(C)Cc2cccc(OCC(=O)Nc3ccccc3)c2O1.CC1(C)Cc2cccc(OCC(=O)Nc3ccccc3Cl)c2O1.CCOc1ccc(NC(=O)COc2cccc3c2OC(C)(C)C3)cn1.COc1ccc(C)cc1NC(=O)COc1cccc2c1OC(C)(C)C2.COc1ccccc1NC(=O)COc1cccc2c1OC(C)(C)C2.Cc1ccc(NC(=O)COc2cccc3c2OC(C)(C)C3)cn1. The highest BCUT2D eigenvalue weighted by Gasteiger charge is 2.39. The van der Waals surface area contributed by atoms with Gasteiger partial charge < -0.3 is 103 Å². The maximum absolute atomic E-state index is 12.3. The number of benzene rings is 10. The summed E-state index contributed by atoms with van der Waals surface area (Å²) in [6.45, 7) is 30.2. The third-order valence-corrected chi connectivity index (χ3v) is 22.5. The molecule has 2 aromatic heterocycles. The van der Waals surface area contributed by atoms with Crippen molar-refractivity contribution < 1.29 is 99.8 Å². The van der Waals surface area contributed by atoms with Crippen molar-refractivity contribution in [1.29, 1.82) is 0 Å². The predicted molar refractivity (Wildman–Crippen MR) is 547 cm³/mol. The zero-order chi connectivity index (χ0) is 102. The maximum Gasteiger partial charge on any atom is 0.262 e. The minimum atomic E-state index is -0.270. The van der Waals surface area contributed by atoms with Gasteiger partial charge in [-0.15, -0.1) is 0 Å². The molecule has 0 bridgehead atoms. The molecular weight excluding hydrogens is 1830 g/mol. The molecule has 0 saturated carbocycles. The van der Waals surface area contributed by atoms with Crippen molar-refractivity contribution in [1.82, 2.24) is 9.97 Å². The number of pyridine rings is 2. The van der Waals surface area contributed by atoms with Crippen LogP contribution < -0.4 is 103 Å². The van der Waals surface area contributed by atoms with Crippen molar-refractivity contribution in [2.24, 2.45) is 0 Å². The molecule has 6 aliphatic heterocycles. The standard InChI is InChI=1S/C20H23NO4.C19H22N2O4.C19H21NO4.C18H18ClNO3.C18H20N2O3.C18H19NO3/c1-13-8-9-16(23-4)15(10-13)21-18(22)12-24-17-7-5-6-14-11-20(2,3)25-19(14)17;1-4-23-17-9-8-14(11-20-17)21-16(22)12-24-15-7-5-6-13-10-19(2,3)25-18(13)15;1-19(2)11-13-7-6-10-16(18(13)24-19)23-12-17(21)20-14-8-4-5-9-15(14)22-3;1-18(2)10-12-6-5-9-15(17(12)23-18)22-11-16(21)20-14-8-4-3-7-13(14)19;1-12-7-8-14(10-19-12)20-16(21)11-22-15-6-4-5-13-9-18(2,3)23-17(13)15;1-18(2)11-13-7-6-10-15(17(13)22-18)21-12-16(20)19-14-8-4-3-5-9-14/h5-10H,11-12H2,1-4H3,(H,21,22);5-9,11H,4,10,12H2,1-3H3,(H,21,22);4-10H,11-12H2,1-3H3,(H,20,21);3-9H,10-11H2,1-2H3,(H,20,21);4-8,10H,9,11H2,1-3H3,(H,20,21);3-10H,11-12H2,1-2H3,(H,19,20). The number of carbonyl (C=O) groups is 6. The normalized spacial score (nSPS) is 14.6. The fraction of sp³-hybridized carbons (Fsp3) is 0.321. The summed E-state index contributed by atoms with van der Waals surface area (Å²) < 4.78 is 85.3. The van der Waals surface area contributed by atoms with Crippen LogP contribution in [-0.4, -0.2) is 139 Å². The second-order valence-corrected chi connectivity index (χ2v) is 38.4. The number of hydrogen-bond donors (Lipinski definition) is 6. The minimum absolute atomic E-state index is 0.0465. The molecule has 0 saturated heterocycles. The van der Waals surface area contributed by atoms with Crippen LogP contribution in [0, 0.1) is 13.8 Å². The average Bonchev–Trinajstić information content (AvgIpc) is 1.67. The van der Waals surface area contributed by atoms with Crippen molar-refractivity contribution >= 4 is 81.2 Å². The van der Waals surface area contributed by atoms with Gasteiger partial charge in [0.1, 0.15) is 45.1 Å². The van der Waals surface area contributed by atoms with Gasteiger partial charge in [-0.1, -0.05) is 133 Å². The first-order valence-corrected chi connectivity index (χ1v) is 47.1. The van der Waals surface area contributed by atoms with Gasteiger partial charge in [0.05, 0.1) is 66.7 Å². The van der Waals surface area contributed by atoms with E-state index >= 15 is 0 Å². The Kier molecular flexibility index (Phi) is 34.1. The van der Waals surface area contributed by atoms with Crippen LogP contribution in [0.4, 0.5) is 34.1 Å². The summed E-state index contributed by atoms with van der Waals surface area (Å²) in [5.41, 5.74) is 10.9. The van der Waals surface area contributed by atoms with E-state index in [1.54, 1.807) is 69.1 Å². The number of halogens is 1. The summed E-state index contributed by atoms with van der Waals surface area (Å²) in [6.07, 6.45) is 8.15. The second-order valence-electron chi connectivity index (χ2n) is 38.0. The van der Waals surface area contributed by atoms with E-state index in [4.69, 9.17) is 82.7 Å². The van der Waals surface area contributed by atoms with E-state index < -0.39 is 0 Å². The molecule has 10 aromatic carbocycles. The van der Waals surface area contributed by atoms with Gasteiger partial charge in [0.2, 0.25) is 5.88 Å². The van der Waals surface area contributed by atoms with Gasteiger partial charge >= 0.3 is 0 Å². The van der Waals surface area contributed by atoms with Crippen LogP contribution in [0.25, 0.3) is 0 Å². The van der Waals surface area contributed by atoms with E-state index in [-0.39, 0.29) is 109 Å². The van der Waals surface area contributed by atoms with Crippen LogP contribution in [0.3, 0.4) is 0 Å².